The quantitative estimate of drug-likeness (QED) is 0.208. The average Bonchev–Trinajstić information content (AvgIpc) is 2.83. The zero-order valence-electron chi connectivity index (χ0n) is 18.7. The van der Waals surface area contributed by atoms with Gasteiger partial charge in [0, 0.05) is 12.5 Å². The van der Waals surface area contributed by atoms with E-state index in [1.54, 1.807) is 12.1 Å². The van der Waals surface area contributed by atoms with E-state index in [2.05, 4.69) is 0 Å². The van der Waals surface area contributed by atoms with Crippen molar-refractivity contribution in [1.82, 2.24) is 0 Å². The average molecular weight is 508 g/mol. The summed E-state index contributed by atoms with van der Waals surface area (Å²) in [4.78, 5) is 12.9. The Morgan fingerprint density at radius 1 is 0.778 bits per heavy atom. The third kappa shape index (κ3) is 5.48. The summed E-state index contributed by atoms with van der Waals surface area (Å²) in [6.07, 6.45) is -9.08. The maximum Gasteiger partial charge on any atom is 0.416 e. The van der Waals surface area contributed by atoms with Crippen molar-refractivity contribution in [2.75, 3.05) is 7.11 Å². The molecule has 4 aromatic rings. The van der Waals surface area contributed by atoms with Gasteiger partial charge in [-0.05, 0) is 47.5 Å². The van der Waals surface area contributed by atoms with Crippen molar-refractivity contribution < 1.29 is 40.2 Å². The highest BCUT2D eigenvalue weighted by atomic mass is 19.4. The van der Waals surface area contributed by atoms with Crippen LogP contribution in [0.25, 0.3) is 11.0 Å². The van der Waals surface area contributed by atoms with Crippen molar-refractivity contribution in [3.8, 4) is 11.5 Å². The normalized spacial score (nSPS) is 12.1. The molecule has 10 heteroatoms. The highest BCUT2D eigenvalue weighted by Gasteiger charge is 2.31. The molecule has 0 spiro atoms. The molecule has 3 aromatic carbocycles. The second-order valence-electron chi connectivity index (χ2n) is 7.91. The van der Waals surface area contributed by atoms with E-state index in [0.29, 0.717) is 22.3 Å². The van der Waals surface area contributed by atoms with E-state index < -0.39 is 29.1 Å². The molecule has 1 heterocycles. The van der Waals surface area contributed by atoms with Crippen LogP contribution in [0.3, 0.4) is 0 Å². The molecule has 36 heavy (non-hydrogen) atoms. The van der Waals surface area contributed by atoms with Gasteiger partial charge in [0.2, 0.25) is 0 Å². The summed E-state index contributed by atoms with van der Waals surface area (Å²) in [5.41, 5.74) is -1.38. The van der Waals surface area contributed by atoms with Crippen LogP contribution in [0.1, 0.15) is 27.8 Å². The second kappa shape index (κ2) is 9.60. The number of hydrogen-bond acceptors (Lipinski definition) is 4. The van der Waals surface area contributed by atoms with Gasteiger partial charge in [0.15, 0.2) is 0 Å². The Kier molecular flexibility index (Phi) is 6.71. The van der Waals surface area contributed by atoms with Gasteiger partial charge in [-0.15, -0.1) is 0 Å². The fourth-order valence-electron chi connectivity index (χ4n) is 3.60. The van der Waals surface area contributed by atoms with Crippen molar-refractivity contribution in [2.24, 2.45) is 0 Å². The summed E-state index contributed by atoms with van der Waals surface area (Å²) >= 11 is 0. The maximum atomic E-state index is 12.9. The molecular weight excluding hydrogens is 490 g/mol. The van der Waals surface area contributed by atoms with Gasteiger partial charge in [-0.25, -0.2) is 4.79 Å². The third-order valence-corrected chi connectivity index (χ3v) is 5.48. The van der Waals surface area contributed by atoms with Crippen molar-refractivity contribution >= 4 is 11.0 Å². The lowest BCUT2D eigenvalue weighted by molar-refractivity contribution is -0.138. The summed E-state index contributed by atoms with van der Waals surface area (Å²) in [7, 11) is 1.43. The van der Waals surface area contributed by atoms with Crippen LogP contribution in [0.2, 0.25) is 0 Å². The largest absolute Gasteiger partial charge is 0.497 e. The Bertz CT molecular complexity index is 1420. The van der Waals surface area contributed by atoms with Gasteiger partial charge in [0.1, 0.15) is 23.7 Å². The number of alkyl halides is 6. The first-order chi connectivity index (χ1) is 17.0. The Hall–Kier alpha value is -3.95. The van der Waals surface area contributed by atoms with Gasteiger partial charge in [-0.1, -0.05) is 24.3 Å². The minimum Gasteiger partial charge on any atom is -0.497 e. The summed E-state index contributed by atoms with van der Waals surface area (Å²) in [5.74, 6) is 0.526. The zero-order chi connectivity index (χ0) is 26.1. The van der Waals surface area contributed by atoms with E-state index in [-0.39, 0.29) is 29.9 Å². The minimum absolute atomic E-state index is 0.0549. The third-order valence-electron chi connectivity index (χ3n) is 5.48. The Morgan fingerprint density at radius 2 is 1.33 bits per heavy atom. The first-order valence-electron chi connectivity index (χ1n) is 10.5. The number of hydrogen-bond donors (Lipinski definition) is 0. The molecule has 4 rings (SSSR count). The van der Waals surface area contributed by atoms with Crippen LogP contribution in [0.15, 0.2) is 75.9 Å². The highest BCUT2D eigenvalue weighted by Crippen LogP contribution is 2.34. The predicted octanol–water partition coefficient (Wildman–Crippen LogP) is 7.01. The van der Waals surface area contributed by atoms with Crippen LogP contribution in [-0.4, -0.2) is 7.11 Å². The molecule has 0 saturated carbocycles. The number of halogens is 6. The number of benzene rings is 3. The van der Waals surface area contributed by atoms with E-state index in [0.717, 1.165) is 24.3 Å². The molecule has 0 aliphatic rings. The van der Waals surface area contributed by atoms with Crippen molar-refractivity contribution in [3.63, 3.8) is 0 Å². The van der Waals surface area contributed by atoms with Gasteiger partial charge >= 0.3 is 18.0 Å². The van der Waals surface area contributed by atoms with E-state index in [4.69, 9.17) is 13.9 Å². The molecule has 0 fully saturated rings. The number of ether oxygens (including phenoxy) is 2. The first-order valence-corrected chi connectivity index (χ1v) is 10.5. The second-order valence-corrected chi connectivity index (χ2v) is 7.91. The lowest BCUT2D eigenvalue weighted by Crippen LogP contribution is -2.12. The topological polar surface area (TPSA) is 48.7 Å². The lowest BCUT2D eigenvalue weighted by atomic mass is 10.0. The first kappa shape index (κ1) is 25.2. The molecule has 0 unspecified atom stereocenters. The molecule has 0 amide bonds. The molecule has 4 nitrogen and oxygen atoms in total. The van der Waals surface area contributed by atoms with Crippen molar-refractivity contribution in [1.29, 1.82) is 0 Å². The number of fused-ring (bicyclic) bond motifs is 1. The molecule has 1 aromatic heterocycles. The molecule has 0 radical (unpaired) electrons. The van der Waals surface area contributed by atoms with E-state index in [9.17, 15) is 31.1 Å². The molecule has 0 N–H and O–H groups in total. The molecule has 0 bridgehead atoms. The molecule has 188 valence electrons. The van der Waals surface area contributed by atoms with Crippen LogP contribution < -0.4 is 15.1 Å². The standard InChI is InChI=1S/C26H18F6O4/c1-34-19-10-11-20-22(13-19)36-24(33)21(12-15-2-6-17(7-3-15)25(27,28)29)23(20)35-14-16-4-8-18(9-5-16)26(30,31)32/h2-11,13H,12,14H2,1H3. The van der Waals surface area contributed by atoms with Crippen LogP contribution in [0.4, 0.5) is 26.3 Å². The maximum absolute atomic E-state index is 12.9. The van der Waals surface area contributed by atoms with Crippen molar-refractivity contribution in [3.05, 3.63) is 105 Å². The molecule has 0 aliphatic carbocycles. The van der Waals surface area contributed by atoms with E-state index in [1.165, 1.54) is 37.4 Å². The SMILES string of the molecule is COc1ccc2c(OCc3ccc(C(F)(F)F)cc3)c(Cc3ccc(C(F)(F)F)cc3)c(=O)oc2c1. The molecular formula is C26H18F6O4. The van der Waals surface area contributed by atoms with Gasteiger partial charge in [0.25, 0.3) is 0 Å². The predicted molar refractivity (Wildman–Crippen MR) is 119 cm³/mol. The Morgan fingerprint density at radius 3 is 1.86 bits per heavy atom. The van der Waals surface area contributed by atoms with Crippen LogP contribution in [0, 0.1) is 0 Å². The van der Waals surface area contributed by atoms with Crippen LogP contribution in [-0.2, 0) is 25.4 Å². The number of methoxy groups -OCH3 is 1. The van der Waals surface area contributed by atoms with E-state index in [1.807, 2.05) is 0 Å². The zero-order valence-corrected chi connectivity index (χ0v) is 18.7. The summed E-state index contributed by atoms with van der Waals surface area (Å²) in [5, 5.41) is 0.393. The summed E-state index contributed by atoms with van der Waals surface area (Å²) in [6, 6.07) is 13.4. The monoisotopic (exact) mass is 508 g/mol. The number of rotatable bonds is 6. The Balaban J connectivity index is 1.71. The smallest absolute Gasteiger partial charge is 0.416 e. The minimum atomic E-state index is -4.50. The summed E-state index contributed by atoms with van der Waals surface area (Å²) in [6.45, 7) is -0.164. The highest BCUT2D eigenvalue weighted by molar-refractivity contribution is 5.85. The fourth-order valence-corrected chi connectivity index (χ4v) is 3.60. The molecule has 0 saturated heterocycles. The van der Waals surface area contributed by atoms with Crippen LogP contribution >= 0.6 is 0 Å². The van der Waals surface area contributed by atoms with Gasteiger partial charge in [-0.2, -0.15) is 26.3 Å². The lowest BCUT2D eigenvalue weighted by Gasteiger charge is -2.15. The Labute approximate surface area is 200 Å². The van der Waals surface area contributed by atoms with Gasteiger partial charge in [-0.3, -0.25) is 0 Å². The van der Waals surface area contributed by atoms with Gasteiger partial charge in [0.05, 0.1) is 29.2 Å². The van der Waals surface area contributed by atoms with Crippen molar-refractivity contribution in [2.45, 2.75) is 25.4 Å². The van der Waals surface area contributed by atoms with Crippen LogP contribution in [0.5, 0.6) is 11.5 Å². The molecule has 0 atom stereocenters. The summed E-state index contributed by atoms with van der Waals surface area (Å²) < 4.78 is 93.7. The fraction of sp³-hybridized carbons (Fsp3) is 0.192. The molecule has 0 aliphatic heterocycles. The van der Waals surface area contributed by atoms with Gasteiger partial charge < -0.3 is 13.9 Å². The van der Waals surface area contributed by atoms with E-state index >= 15 is 0 Å².